The Labute approximate surface area is 131 Å². The zero-order valence-electron chi connectivity index (χ0n) is 14.3. The van der Waals surface area contributed by atoms with Gasteiger partial charge in [0.2, 0.25) is 0 Å². The maximum Gasteiger partial charge on any atom is -0.00853 e. The molecule has 0 aromatic rings. The molecule has 0 bridgehead atoms. The molecule has 0 N–H and O–H groups in total. The second-order valence-corrected chi connectivity index (χ2v) is 9.00. The van der Waals surface area contributed by atoms with Gasteiger partial charge in [0.15, 0.2) is 0 Å². The van der Waals surface area contributed by atoms with Gasteiger partial charge in [0, 0.05) is 0 Å². The van der Waals surface area contributed by atoms with Crippen molar-refractivity contribution in [1.29, 1.82) is 0 Å². The second kappa shape index (κ2) is 5.14. The molecule has 4 rings (SSSR count). The van der Waals surface area contributed by atoms with Gasteiger partial charge in [-0.25, -0.2) is 0 Å². The first-order valence-corrected chi connectivity index (χ1v) is 9.89. The van der Waals surface area contributed by atoms with Crippen LogP contribution in [-0.4, -0.2) is 0 Å². The molecule has 0 aliphatic heterocycles. The summed E-state index contributed by atoms with van der Waals surface area (Å²) in [5, 5.41) is 0. The summed E-state index contributed by atoms with van der Waals surface area (Å²) in [5.41, 5.74) is 3.25. The van der Waals surface area contributed by atoms with E-state index in [1.54, 1.807) is 25.7 Å². The minimum Gasteiger partial charge on any atom is -0.0848 e. The Morgan fingerprint density at radius 3 is 2.81 bits per heavy atom. The number of hydrogen-bond donors (Lipinski definition) is 0. The molecule has 21 heavy (non-hydrogen) atoms. The molecule has 0 unspecified atom stereocenters. The fourth-order valence-corrected chi connectivity index (χ4v) is 7.48. The van der Waals surface area contributed by atoms with Gasteiger partial charge in [0.25, 0.3) is 0 Å². The Hall–Kier alpha value is -0.260. The molecule has 4 aliphatic rings. The van der Waals surface area contributed by atoms with Gasteiger partial charge in [-0.15, -0.1) is 0 Å². The van der Waals surface area contributed by atoms with Gasteiger partial charge in [-0.05, 0) is 92.8 Å². The summed E-state index contributed by atoms with van der Waals surface area (Å²) < 4.78 is 0. The second-order valence-electron chi connectivity index (χ2n) is 9.00. The first-order chi connectivity index (χ1) is 10.2. The lowest BCUT2D eigenvalue weighted by Gasteiger charge is -2.58. The summed E-state index contributed by atoms with van der Waals surface area (Å²) in [6, 6.07) is 0. The summed E-state index contributed by atoms with van der Waals surface area (Å²) in [5.74, 6) is 3.20. The van der Waals surface area contributed by atoms with Crippen molar-refractivity contribution in [1.82, 2.24) is 0 Å². The quantitative estimate of drug-likeness (QED) is 0.508. The van der Waals surface area contributed by atoms with E-state index in [-0.39, 0.29) is 0 Å². The summed E-state index contributed by atoms with van der Waals surface area (Å²) in [7, 11) is 0. The van der Waals surface area contributed by atoms with Gasteiger partial charge >= 0.3 is 0 Å². The van der Waals surface area contributed by atoms with Gasteiger partial charge < -0.3 is 0 Å². The molecular formula is C21H34. The van der Waals surface area contributed by atoms with Crippen LogP contribution in [0, 0.1) is 28.6 Å². The number of rotatable bonds is 2. The third kappa shape index (κ3) is 2.00. The van der Waals surface area contributed by atoms with Crippen LogP contribution in [0.3, 0.4) is 0 Å². The van der Waals surface area contributed by atoms with Crippen molar-refractivity contribution < 1.29 is 0 Å². The average Bonchev–Trinajstić information content (AvgIpc) is 2.91. The van der Waals surface area contributed by atoms with Crippen molar-refractivity contribution >= 4 is 0 Å². The fraction of sp³-hybridized carbons (Fsp3) is 0.905. The van der Waals surface area contributed by atoms with Gasteiger partial charge in [-0.3, -0.25) is 0 Å². The highest BCUT2D eigenvalue weighted by Gasteiger charge is 2.56. The summed E-state index contributed by atoms with van der Waals surface area (Å²) in [6.45, 7) is 5.07. The van der Waals surface area contributed by atoms with Crippen LogP contribution in [0.1, 0.15) is 90.9 Å². The highest BCUT2D eigenvalue weighted by Crippen LogP contribution is 2.66. The van der Waals surface area contributed by atoms with Crippen molar-refractivity contribution in [3.8, 4) is 0 Å². The topological polar surface area (TPSA) is 0 Å². The largest absolute Gasteiger partial charge is 0.0848 e. The van der Waals surface area contributed by atoms with E-state index >= 15 is 0 Å². The predicted octanol–water partition coefficient (Wildman–Crippen LogP) is 6.51. The molecule has 3 saturated carbocycles. The summed E-state index contributed by atoms with van der Waals surface area (Å²) in [4.78, 5) is 0. The summed E-state index contributed by atoms with van der Waals surface area (Å²) in [6.07, 6.45) is 20.6. The Morgan fingerprint density at radius 1 is 1.05 bits per heavy atom. The maximum atomic E-state index is 2.65. The molecule has 0 saturated heterocycles. The monoisotopic (exact) mass is 286 g/mol. The van der Waals surface area contributed by atoms with Crippen molar-refractivity contribution in [2.45, 2.75) is 90.9 Å². The normalized spacial score (nSPS) is 49.0. The van der Waals surface area contributed by atoms with Crippen LogP contribution < -0.4 is 0 Å². The van der Waals surface area contributed by atoms with Crippen LogP contribution in [0.2, 0.25) is 0 Å². The van der Waals surface area contributed by atoms with Crippen LogP contribution in [0.25, 0.3) is 0 Å². The molecule has 0 heterocycles. The van der Waals surface area contributed by atoms with E-state index in [1.165, 1.54) is 51.4 Å². The van der Waals surface area contributed by atoms with E-state index in [1.807, 2.05) is 5.57 Å². The zero-order chi connectivity index (χ0) is 14.5. The molecule has 4 aliphatic carbocycles. The van der Waals surface area contributed by atoms with Crippen LogP contribution in [0.4, 0.5) is 0 Å². The van der Waals surface area contributed by atoms with Crippen molar-refractivity contribution in [2.75, 3.05) is 0 Å². The Kier molecular flexibility index (Phi) is 3.51. The first-order valence-electron chi connectivity index (χ1n) is 9.89. The van der Waals surface area contributed by atoms with Crippen molar-refractivity contribution in [2.24, 2.45) is 28.6 Å². The standard InChI is InChI=1S/C21H34/c1-3-12-21-14-6-8-19(21)17-10-9-16-7-4-5-13-20(16,2)18(17)11-15-21/h7,17-19H,3-6,8-15H2,1-2H3/t17-,18+,19+,20+,21+/m1/s1. The highest BCUT2D eigenvalue weighted by molar-refractivity contribution is 5.23. The van der Waals surface area contributed by atoms with Crippen LogP contribution >= 0.6 is 0 Å². The van der Waals surface area contributed by atoms with E-state index < -0.39 is 0 Å². The van der Waals surface area contributed by atoms with Crippen LogP contribution in [0.15, 0.2) is 11.6 Å². The molecule has 0 aromatic carbocycles. The molecule has 118 valence electrons. The lowest BCUT2D eigenvalue weighted by atomic mass is 9.47. The third-order valence-corrected chi connectivity index (χ3v) is 8.30. The predicted molar refractivity (Wildman–Crippen MR) is 90.2 cm³/mol. The maximum absolute atomic E-state index is 2.65. The molecule has 0 spiro atoms. The minimum atomic E-state index is 0.599. The Balaban J connectivity index is 1.65. The molecule has 3 fully saturated rings. The van der Waals surface area contributed by atoms with E-state index in [2.05, 4.69) is 19.9 Å². The highest BCUT2D eigenvalue weighted by atomic mass is 14.6. The van der Waals surface area contributed by atoms with Crippen LogP contribution in [-0.2, 0) is 0 Å². The molecular weight excluding hydrogens is 252 g/mol. The third-order valence-electron chi connectivity index (χ3n) is 8.30. The first kappa shape index (κ1) is 14.3. The SMILES string of the molecule is CCC[C@@]12CCC[C@H]1[C@@H]1CCC3=CCCC[C@]3(C)[C@H]1CC2. The molecule has 0 amide bonds. The van der Waals surface area contributed by atoms with Crippen molar-refractivity contribution in [3.05, 3.63) is 11.6 Å². The number of fused-ring (bicyclic) bond motifs is 5. The number of hydrogen-bond acceptors (Lipinski definition) is 0. The number of allylic oxidation sites excluding steroid dienone is 2. The van der Waals surface area contributed by atoms with Gasteiger partial charge in [0.05, 0.1) is 0 Å². The molecule has 0 radical (unpaired) electrons. The lowest BCUT2D eigenvalue weighted by molar-refractivity contribution is -0.0477. The van der Waals surface area contributed by atoms with E-state index in [4.69, 9.17) is 0 Å². The minimum absolute atomic E-state index is 0.599. The zero-order valence-corrected chi connectivity index (χ0v) is 14.3. The van der Waals surface area contributed by atoms with Crippen molar-refractivity contribution in [3.63, 3.8) is 0 Å². The van der Waals surface area contributed by atoms with E-state index in [9.17, 15) is 0 Å². The van der Waals surface area contributed by atoms with Gasteiger partial charge in [0.1, 0.15) is 0 Å². The summed E-state index contributed by atoms with van der Waals surface area (Å²) >= 11 is 0. The fourth-order valence-electron chi connectivity index (χ4n) is 7.48. The molecule has 5 atom stereocenters. The Bertz CT molecular complexity index is 433. The lowest BCUT2D eigenvalue weighted by Crippen LogP contribution is -2.49. The smallest absolute Gasteiger partial charge is 0.00853 e. The van der Waals surface area contributed by atoms with E-state index in [0.29, 0.717) is 5.41 Å². The van der Waals surface area contributed by atoms with Crippen LogP contribution in [0.5, 0.6) is 0 Å². The van der Waals surface area contributed by atoms with Gasteiger partial charge in [-0.1, -0.05) is 38.3 Å². The Morgan fingerprint density at radius 2 is 1.95 bits per heavy atom. The molecule has 0 aromatic heterocycles. The van der Waals surface area contributed by atoms with E-state index in [0.717, 1.165) is 23.2 Å². The average molecular weight is 287 g/mol. The molecule has 0 heteroatoms. The van der Waals surface area contributed by atoms with Gasteiger partial charge in [-0.2, -0.15) is 0 Å². The molecule has 0 nitrogen and oxygen atoms in total.